The van der Waals surface area contributed by atoms with Crippen LogP contribution in [0.4, 0.5) is 52.7 Å². The van der Waals surface area contributed by atoms with Gasteiger partial charge in [-0.05, 0) is 0 Å². The van der Waals surface area contributed by atoms with Gasteiger partial charge in [0, 0.05) is 0 Å². The third-order valence-electron chi connectivity index (χ3n) is 4.66. The van der Waals surface area contributed by atoms with Crippen molar-refractivity contribution in [2.45, 2.75) is 68.1 Å². The molecule has 0 aliphatic rings. The molecule has 180 valence electrons. The van der Waals surface area contributed by atoms with Gasteiger partial charge in [-0.2, -0.15) is 0 Å². The third kappa shape index (κ3) is 6.37. The second-order valence-corrected chi connectivity index (χ2v) is 24.5. The summed E-state index contributed by atoms with van der Waals surface area (Å²) < 4.78 is 159. The second-order valence-electron chi connectivity index (χ2n) is 8.44. The fourth-order valence-corrected chi connectivity index (χ4v) is 6.40. The molecule has 0 radical (unpaired) electrons. The average molecular weight is 583 g/mol. The molecule has 0 amide bonds. The van der Waals surface area contributed by atoms with Gasteiger partial charge in [-0.25, -0.2) is 0 Å². The number of hydrogen-bond acceptors (Lipinski definition) is 0. The molecule has 0 fully saturated rings. The van der Waals surface area contributed by atoms with E-state index in [-0.39, 0.29) is 4.44 Å². The van der Waals surface area contributed by atoms with Crippen molar-refractivity contribution in [2.75, 3.05) is 0 Å². The van der Waals surface area contributed by atoms with Gasteiger partial charge in [-0.1, -0.05) is 0 Å². The summed E-state index contributed by atoms with van der Waals surface area (Å²) in [6.07, 6.45) is -14.9. The van der Waals surface area contributed by atoms with E-state index >= 15 is 0 Å². The van der Waals surface area contributed by atoms with E-state index in [1.807, 2.05) is 0 Å². The topological polar surface area (TPSA) is 0 Å². The van der Waals surface area contributed by atoms with Gasteiger partial charge in [0.05, 0.1) is 0 Å². The Hall–Kier alpha value is -0.821. The molecule has 31 heavy (non-hydrogen) atoms. The van der Waals surface area contributed by atoms with E-state index in [9.17, 15) is 52.7 Å². The van der Waals surface area contributed by atoms with Gasteiger partial charge in [-0.15, -0.1) is 0 Å². The molecule has 1 atom stereocenters. The van der Waals surface area contributed by atoms with Crippen molar-refractivity contribution < 1.29 is 52.7 Å². The van der Waals surface area contributed by atoms with E-state index in [1.165, 1.54) is 0 Å². The zero-order valence-electron chi connectivity index (χ0n) is 16.5. The normalized spacial score (nSPS) is 15.8. The van der Waals surface area contributed by atoms with Crippen LogP contribution in [0.3, 0.4) is 0 Å². The molecule has 0 saturated heterocycles. The third-order valence-corrected chi connectivity index (χ3v) is 9.77. The van der Waals surface area contributed by atoms with Crippen molar-refractivity contribution in [3.63, 3.8) is 0 Å². The zero-order chi connectivity index (χ0) is 24.7. The van der Waals surface area contributed by atoms with E-state index in [2.05, 4.69) is 0 Å². The van der Waals surface area contributed by atoms with Crippen LogP contribution < -0.4 is 0 Å². The van der Waals surface area contributed by atoms with Crippen molar-refractivity contribution in [1.82, 2.24) is 0 Å². The summed E-state index contributed by atoms with van der Waals surface area (Å²) in [4.78, 5) is 5.31. The van der Waals surface area contributed by atoms with Gasteiger partial charge in [-0.3, -0.25) is 0 Å². The second kappa shape index (κ2) is 8.85. The molecular weight excluding hydrogens is 563 g/mol. The molecule has 0 aliphatic carbocycles. The Morgan fingerprint density at radius 2 is 1.23 bits per heavy atom. The van der Waals surface area contributed by atoms with Crippen LogP contribution in [0.1, 0.15) is 29.9 Å². The number of benzene rings is 1. The zero-order valence-corrected chi connectivity index (χ0v) is 19.4. The van der Waals surface area contributed by atoms with Crippen LogP contribution >= 0.6 is 0 Å². The molecule has 0 aliphatic heterocycles. The van der Waals surface area contributed by atoms with E-state index in [4.69, 9.17) is 0 Å². The first-order valence-corrected chi connectivity index (χ1v) is 19.5. The summed E-state index contributed by atoms with van der Waals surface area (Å²) in [7, 11) is 0. The summed E-state index contributed by atoms with van der Waals surface area (Å²) >= 11 is -2.90. The van der Waals surface area contributed by atoms with Gasteiger partial charge >= 0.3 is 175 Å². The Labute approximate surface area is 174 Å². The fraction of sp³-hybridized carbons (Fsp3) is 0.667. The molecule has 0 bridgehead atoms. The van der Waals surface area contributed by atoms with Crippen LogP contribution in [0.25, 0.3) is 0 Å². The van der Waals surface area contributed by atoms with E-state index in [1.54, 1.807) is 14.8 Å². The first kappa shape index (κ1) is 28.2. The van der Waals surface area contributed by atoms with Crippen LogP contribution in [0, 0.1) is 0 Å². The molecule has 0 aromatic heterocycles. The summed E-state index contributed by atoms with van der Waals surface area (Å²) in [5, 5.41) is 0. The number of halogens is 12. The monoisotopic (exact) mass is 584 g/mol. The summed E-state index contributed by atoms with van der Waals surface area (Å²) in [6, 6.07) is 3.17. The van der Waals surface area contributed by atoms with E-state index in [0.29, 0.717) is 6.07 Å². The van der Waals surface area contributed by atoms with Crippen molar-refractivity contribution >= 4 is 18.4 Å². The van der Waals surface area contributed by atoms with Crippen LogP contribution in [-0.4, -0.2) is 42.3 Å². The van der Waals surface area contributed by atoms with Crippen molar-refractivity contribution in [3.8, 4) is 0 Å². The maximum absolute atomic E-state index is 14.2. The standard InChI is InChI=1S/C15H11F12.3CH3.Sn/c1-2-8(9-5-3-4-6-10(9)12(18,19)20)7-11(16,17)13(21,22)14(23,24)15(25,26)27;;;;/h3-6,8H,1-2,7H2;3*1H3;. The Kier molecular flexibility index (Phi) is 8.05. The summed E-state index contributed by atoms with van der Waals surface area (Å²) in [6.45, 7) is 0. The Bertz CT molecular complexity index is 743. The molecular formula is C18H20F12Sn. The molecule has 0 saturated carbocycles. The molecule has 1 unspecified atom stereocenters. The maximum atomic E-state index is 14.2. The first-order chi connectivity index (χ1) is 13.5. The summed E-state index contributed by atoms with van der Waals surface area (Å²) in [5.41, 5.74) is -2.29. The quantitative estimate of drug-likeness (QED) is 0.213. The van der Waals surface area contributed by atoms with Crippen molar-refractivity contribution in [3.05, 3.63) is 35.4 Å². The predicted molar refractivity (Wildman–Crippen MR) is 92.5 cm³/mol. The Morgan fingerprint density at radius 1 is 0.742 bits per heavy atom. The van der Waals surface area contributed by atoms with Crippen molar-refractivity contribution in [1.29, 1.82) is 0 Å². The summed E-state index contributed by atoms with van der Waals surface area (Å²) in [5.74, 6) is -21.9. The molecule has 0 heterocycles. The minimum atomic E-state index is -7.08. The Balaban J connectivity index is 3.50. The van der Waals surface area contributed by atoms with Gasteiger partial charge in [0.1, 0.15) is 0 Å². The van der Waals surface area contributed by atoms with E-state index in [0.717, 1.165) is 18.2 Å². The molecule has 0 nitrogen and oxygen atoms in total. The number of rotatable bonds is 8. The van der Waals surface area contributed by atoms with E-state index < -0.39 is 78.4 Å². The predicted octanol–water partition coefficient (Wildman–Crippen LogP) is 8.38. The van der Waals surface area contributed by atoms with Gasteiger partial charge in [0.2, 0.25) is 0 Å². The molecule has 0 spiro atoms. The number of hydrogen-bond donors (Lipinski definition) is 0. The van der Waals surface area contributed by atoms with Gasteiger partial charge in [0.25, 0.3) is 0 Å². The number of alkyl halides is 12. The first-order valence-electron chi connectivity index (χ1n) is 8.91. The fourth-order valence-electron chi connectivity index (χ4n) is 2.93. The average Bonchev–Trinajstić information content (AvgIpc) is 2.55. The van der Waals surface area contributed by atoms with Crippen molar-refractivity contribution in [2.24, 2.45) is 0 Å². The van der Waals surface area contributed by atoms with Crippen LogP contribution in [0.2, 0.25) is 19.3 Å². The molecule has 0 N–H and O–H groups in total. The molecule has 1 aromatic rings. The van der Waals surface area contributed by atoms with Crippen LogP contribution in [-0.2, 0) is 6.18 Å². The molecule has 1 aromatic carbocycles. The SMILES string of the molecule is [CH3][Sn]([CH3])([CH3])[CH2]CC(CC(F)(F)C(F)(F)C(F)(F)C(F)(F)F)c1ccccc1C(F)(F)F. The Morgan fingerprint density at radius 3 is 1.65 bits per heavy atom. The van der Waals surface area contributed by atoms with Gasteiger partial charge < -0.3 is 0 Å². The van der Waals surface area contributed by atoms with Crippen LogP contribution in [0.5, 0.6) is 0 Å². The molecule has 1 rings (SSSR count). The molecule has 13 heteroatoms. The van der Waals surface area contributed by atoms with Crippen LogP contribution in [0.15, 0.2) is 24.3 Å². The minimum absolute atomic E-state index is 0.114. The van der Waals surface area contributed by atoms with Gasteiger partial charge in [0.15, 0.2) is 0 Å².